The monoisotopic (exact) mass is 370 g/mol. The van der Waals surface area contributed by atoms with Gasteiger partial charge in [-0.05, 0) is 42.0 Å². The van der Waals surface area contributed by atoms with E-state index in [-0.39, 0.29) is 0 Å². The summed E-state index contributed by atoms with van der Waals surface area (Å²) in [6, 6.07) is 22.2. The summed E-state index contributed by atoms with van der Waals surface area (Å²) >= 11 is 0. The number of anilines is 2. The Labute approximate surface area is 164 Å². The fraction of sp³-hybridized carbons (Fsp3) is 0.130. The Hall–Kier alpha value is -3.60. The van der Waals surface area contributed by atoms with Gasteiger partial charge in [-0.1, -0.05) is 30.3 Å². The molecule has 28 heavy (non-hydrogen) atoms. The van der Waals surface area contributed by atoms with Crippen LogP contribution >= 0.6 is 0 Å². The van der Waals surface area contributed by atoms with Crippen molar-refractivity contribution < 1.29 is 4.74 Å². The Morgan fingerprint density at radius 3 is 2.64 bits per heavy atom. The van der Waals surface area contributed by atoms with Gasteiger partial charge in [0.05, 0.1) is 12.6 Å². The van der Waals surface area contributed by atoms with Crippen LogP contribution in [-0.2, 0) is 13.1 Å². The predicted molar refractivity (Wildman–Crippen MR) is 114 cm³/mol. The van der Waals surface area contributed by atoms with E-state index in [1.807, 2.05) is 54.7 Å². The zero-order valence-electron chi connectivity index (χ0n) is 15.7. The second-order valence-corrected chi connectivity index (χ2v) is 6.45. The summed E-state index contributed by atoms with van der Waals surface area (Å²) in [6.45, 7) is 1.38. The van der Waals surface area contributed by atoms with Gasteiger partial charge in [0, 0.05) is 42.1 Å². The quantitative estimate of drug-likeness (QED) is 0.486. The van der Waals surface area contributed by atoms with E-state index < -0.39 is 0 Å². The van der Waals surface area contributed by atoms with Crippen LogP contribution in [0, 0.1) is 0 Å². The number of nitrogens with zero attached hydrogens (tertiary/aromatic N) is 2. The summed E-state index contributed by atoms with van der Waals surface area (Å²) in [5.41, 5.74) is 4.24. The van der Waals surface area contributed by atoms with Gasteiger partial charge in [-0.3, -0.25) is 4.98 Å². The SMILES string of the molecule is COc1ccccc1CNc1ccc2c(NCc3cccnc3)cccc2n1. The highest BCUT2D eigenvalue weighted by Crippen LogP contribution is 2.25. The first-order valence-corrected chi connectivity index (χ1v) is 9.22. The highest BCUT2D eigenvalue weighted by atomic mass is 16.5. The lowest BCUT2D eigenvalue weighted by molar-refractivity contribution is 0.410. The number of pyridine rings is 2. The van der Waals surface area contributed by atoms with Crippen LogP contribution in [0.3, 0.4) is 0 Å². The molecule has 0 saturated carbocycles. The Morgan fingerprint density at radius 2 is 1.79 bits per heavy atom. The zero-order chi connectivity index (χ0) is 19.2. The highest BCUT2D eigenvalue weighted by molar-refractivity contribution is 5.92. The van der Waals surface area contributed by atoms with Crippen molar-refractivity contribution in [1.82, 2.24) is 9.97 Å². The first kappa shape index (κ1) is 17.8. The predicted octanol–water partition coefficient (Wildman–Crippen LogP) is 4.86. The molecule has 2 heterocycles. The molecule has 0 bridgehead atoms. The molecule has 2 N–H and O–H groups in total. The number of hydrogen-bond donors (Lipinski definition) is 2. The van der Waals surface area contributed by atoms with E-state index in [1.54, 1.807) is 13.3 Å². The van der Waals surface area contributed by atoms with Gasteiger partial charge in [-0.15, -0.1) is 0 Å². The van der Waals surface area contributed by atoms with Crippen molar-refractivity contribution >= 4 is 22.4 Å². The number of hydrogen-bond acceptors (Lipinski definition) is 5. The number of fused-ring (bicyclic) bond motifs is 1. The molecule has 0 radical (unpaired) electrons. The van der Waals surface area contributed by atoms with Gasteiger partial charge in [-0.25, -0.2) is 4.98 Å². The molecule has 0 unspecified atom stereocenters. The highest BCUT2D eigenvalue weighted by Gasteiger charge is 2.05. The Morgan fingerprint density at radius 1 is 0.857 bits per heavy atom. The normalized spacial score (nSPS) is 10.6. The van der Waals surface area contributed by atoms with Crippen molar-refractivity contribution in [2.75, 3.05) is 17.7 Å². The average molecular weight is 370 g/mol. The first-order valence-electron chi connectivity index (χ1n) is 9.22. The van der Waals surface area contributed by atoms with Crippen LogP contribution in [0.1, 0.15) is 11.1 Å². The van der Waals surface area contributed by atoms with Crippen LogP contribution in [0.4, 0.5) is 11.5 Å². The second kappa shape index (κ2) is 8.39. The molecule has 0 atom stereocenters. The molecule has 0 aliphatic heterocycles. The van der Waals surface area contributed by atoms with Gasteiger partial charge in [0.2, 0.25) is 0 Å². The van der Waals surface area contributed by atoms with E-state index in [4.69, 9.17) is 9.72 Å². The number of aromatic nitrogens is 2. The van der Waals surface area contributed by atoms with Gasteiger partial charge < -0.3 is 15.4 Å². The number of benzene rings is 2. The molecule has 0 aliphatic rings. The van der Waals surface area contributed by atoms with E-state index in [9.17, 15) is 0 Å². The number of ether oxygens (including phenoxy) is 1. The Balaban J connectivity index is 1.50. The third-order valence-corrected chi connectivity index (χ3v) is 4.59. The minimum absolute atomic E-state index is 0.654. The third kappa shape index (κ3) is 4.04. The van der Waals surface area contributed by atoms with Crippen LogP contribution in [0.25, 0.3) is 10.9 Å². The zero-order valence-corrected chi connectivity index (χ0v) is 15.7. The lowest BCUT2D eigenvalue weighted by Crippen LogP contribution is -2.04. The summed E-state index contributed by atoms with van der Waals surface area (Å²) in [5, 5.41) is 7.96. The molecule has 4 aromatic rings. The smallest absolute Gasteiger partial charge is 0.126 e. The van der Waals surface area contributed by atoms with E-state index in [2.05, 4.69) is 33.8 Å². The van der Waals surface area contributed by atoms with Crippen molar-refractivity contribution in [3.05, 3.63) is 90.3 Å². The van der Waals surface area contributed by atoms with Crippen molar-refractivity contribution in [2.45, 2.75) is 13.1 Å². The largest absolute Gasteiger partial charge is 0.496 e. The number of para-hydroxylation sites is 1. The van der Waals surface area contributed by atoms with Gasteiger partial charge in [-0.2, -0.15) is 0 Å². The fourth-order valence-electron chi connectivity index (χ4n) is 3.14. The third-order valence-electron chi connectivity index (χ3n) is 4.59. The van der Waals surface area contributed by atoms with Crippen molar-refractivity contribution in [3.63, 3.8) is 0 Å². The van der Waals surface area contributed by atoms with E-state index in [1.165, 1.54) is 0 Å². The topological polar surface area (TPSA) is 59.1 Å². The molecule has 5 nitrogen and oxygen atoms in total. The summed E-state index contributed by atoms with van der Waals surface area (Å²) in [6.07, 6.45) is 3.65. The number of methoxy groups -OCH3 is 1. The lowest BCUT2D eigenvalue weighted by Gasteiger charge is -2.12. The second-order valence-electron chi connectivity index (χ2n) is 6.45. The molecular weight excluding hydrogens is 348 g/mol. The first-order chi connectivity index (χ1) is 13.8. The van der Waals surface area contributed by atoms with Crippen LogP contribution in [0.5, 0.6) is 5.75 Å². The summed E-state index contributed by atoms with van der Waals surface area (Å²) in [4.78, 5) is 8.92. The van der Waals surface area contributed by atoms with E-state index in [0.717, 1.165) is 45.8 Å². The summed E-state index contributed by atoms with van der Waals surface area (Å²) in [7, 11) is 1.69. The van der Waals surface area contributed by atoms with Crippen LogP contribution in [0.15, 0.2) is 79.1 Å². The summed E-state index contributed by atoms with van der Waals surface area (Å²) in [5.74, 6) is 1.71. The molecule has 2 aromatic heterocycles. The molecule has 0 spiro atoms. The number of nitrogens with one attached hydrogen (secondary N) is 2. The van der Waals surface area contributed by atoms with Crippen LogP contribution in [0.2, 0.25) is 0 Å². The minimum atomic E-state index is 0.654. The van der Waals surface area contributed by atoms with Crippen LogP contribution in [-0.4, -0.2) is 17.1 Å². The summed E-state index contributed by atoms with van der Waals surface area (Å²) < 4.78 is 5.41. The molecule has 0 fully saturated rings. The van der Waals surface area contributed by atoms with Gasteiger partial charge in [0.25, 0.3) is 0 Å². The molecule has 4 rings (SSSR count). The van der Waals surface area contributed by atoms with Gasteiger partial charge >= 0.3 is 0 Å². The maximum atomic E-state index is 5.41. The maximum absolute atomic E-state index is 5.41. The molecule has 0 amide bonds. The molecule has 5 heteroatoms. The number of rotatable bonds is 7. The maximum Gasteiger partial charge on any atom is 0.126 e. The lowest BCUT2D eigenvalue weighted by atomic mass is 10.1. The van der Waals surface area contributed by atoms with Crippen molar-refractivity contribution in [3.8, 4) is 5.75 Å². The molecule has 0 aliphatic carbocycles. The fourth-order valence-corrected chi connectivity index (χ4v) is 3.14. The van der Waals surface area contributed by atoms with Crippen molar-refractivity contribution in [2.24, 2.45) is 0 Å². The Kier molecular flexibility index (Phi) is 5.33. The van der Waals surface area contributed by atoms with E-state index in [0.29, 0.717) is 6.54 Å². The van der Waals surface area contributed by atoms with Gasteiger partial charge in [0.1, 0.15) is 11.6 Å². The average Bonchev–Trinajstić information content (AvgIpc) is 2.77. The standard InChI is InChI=1S/C23H22N4O/c1-28-22-10-3-2-7-18(22)16-26-23-12-11-19-20(8-4-9-21(19)27-23)25-15-17-6-5-13-24-14-17/h2-14,25H,15-16H2,1H3,(H,26,27). The van der Waals surface area contributed by atoms with Crippen LogP contribution < -0.4 is 15.4 Å². The molecular formula is C23H22N4O. The Bertz CT molecular complexity index is 1070. The molecule has 140 valence electrons. The van der Waals surface area contributed by atoms with Gasteiger partial charge in [0.15, 0.2) is 0 Å². The molecule has 0 saturated heterocycles. The van der Waals surface area contributed by atoms with Crippen molar-refractivity contribution in [1.29, 1.82) is 0 Å². The van der Waals surface area contributed by atoms with E-state index >= 15 is 0 Å². The minimum Gasteiger partial charge on any atom is -0.496 e. The molecule has 2 aromatic carbocycles.